The molecule has 0 unspecified atom stereocenters. The van der Waals surface area contributed by atoms with Gasteiger partial charge in [0.15, 0.2) is 0 Å². The molecular formula is C10H16N2O2S. The van der Waals surface area contributed by atoms with E-state index in [1.807, 2.05) is 0 Å². The zero-order chi connectivity index (χ0) is 11.3. The lowest BCUT2D eigenvalue weighted by atomic mass is 10.1. The smallest absolute Gasteiger partial charge is 0.365 e. The largest absolute Gasteiger partial charge is 0.476 e. The first kappa shape index (κ1) is 12.1. The molecule has 0 aliphatic rings. The Kier molecular flexibility index (Phi) is 4.71. The Morgan fingerprint density at radius 3 is 2.93 bits per heavy atom. The van der Waals surface area contributed by atoms with Crippen LogP contribution in [0.5, 0.6) is 0 Å². The van der Waals surface area contributed by atoms with Crippen molar-refractivity contribution in [3.63, 3.8) is 0 Å². The van der Waals surface area contributed by atoms with Crippen LogP contribution in [0, 0.1) is 5.92 Å². The Balaban J connectivity index is 2.29. The van der Waals surface area contributed by atoms with Gasteiger partial charge in [-0.05, 0) is 18.9 Å². The number of aromatic carboxylic acids is 1. The molecule has 2 N–H and O–H groups in total. The van der Waals surface area contributed by atoms with Gasteiger partial charge in [0.25, 0.3) is 0 Å². The highest BCUT2D eigenvalue weighted by molar-refractivity contribution is 7.11. The van der Waals surface area contributed by atoms with E-state index < -0.39 is 5.97 Å². The third-order valence-corrected chi connectivity index (χ3v) is 2.82. The first-order chi connectivity index (χ1) is 7.09. The Bertz CT molecular complexity index is 323. The Hall–Kier alpha value is -0.940. The van der Waals surface area contributed by atoms with Crippen LogP contribution in [0.3, 0.4) is 0 Å². The van der Waals surface area contributed by atoms with Crippen molar-refractivity contribution in [2.45, 2.75) is 26.8 Å². The summed E-state index contributed by atoms with van der Waals surface area (Å²) in [5.74, 6) is -0.268. The number of nitrogens with one attached hydrogen (secondary N) is 1. The molecule has 5 heteroatoms. The van der Waals surface area contributed by atoms with E-state index in [-0.39, 0.29) is 5.01 Å². The van der Waals surface area contributed by atoms with Crippen molar-refractivity contribution in [3.8, 4) is 0 Å². The Morgan fingerprint density at radius 2 is 2.40 bits per heavy atom. The first-order valence-electron chi connectivity index (χ1n) is 4.98. The second kappa shape index (κ2) is 5.82. The minimum atomic E-state index is -0.951. The molecule has 1 heterocycles. The summed E-state index contributed by atoms with van der Waals surface area (Å²) in [6.45, 7) is 5.94. The van der Waals surface area contributed by atoms with E-state index >= 15 is 0 Å². The molecule has 0 saturated heterocycles. The number of carboxylic acids is 1. The molecule has 0 spiro atoms. The maximum atomic E-state index is 10.6. The van der Waals surface area contributed by atoms with Crippen molar-refractivity contribution >= 4 is 17.3 Å². The molecule has 0 aromatic carbocycles. The van der Waals surface area contributed by atoms with Crippen molar-refractivity contribution in [1.29, 1.82) is 0 Å². The number of aromatic nitrogens is 1. The van der Waals surface area contributed by atoms with E-state index in [0.717, 1.165) is 18.7 Å². The number of rotatable bonds is 6. The second-order valence-corrected chi connectivity index (χ2v) is 4.67. The van der Waals surface area contributed by atoms with Crippen LogP contribution in [-0.2, 0) is 6.54 Å². The number of carbonyl (C=O) groups is 1. The molecule has 0 fully saturated rings. The summed E-state index contributed by atoms with van der Waals surface area (Å²) in [4.78, 5) is 14.5. The lowest BCUT2D eigenvalue weighted by molar-refractivity contribution is 0.0696. The molecule has 0 amide bonds. The summed E-state index contributed by atoms with van der Waals surface area (Å²) < 4.78 is 0. The molecule has 84 valence electrons. The average Bonchev–Trinajstić information content (AvgIpc) is 2.60. The molecule has 0 atom stereocenters. The van der Waals surface area contributed by atoms with Gasteiger partial charge >= 0.3 is 5.97 Å². The van der Waals surface area contributed by atoms with Gasteiger partial charge in [-0.2, -0.15) is 0 Å². The fourth-order valence-corrected chi connectivity index (χ4v) is 1.75. The number of hydrogen-bond acceptors (Lipinski definition) is 4. The van der Waals surface area contributed by atoms with Crippen LogP contribution >= 0.6 is 11.3 Å². The van der Waals surface area contributed by atoms with Crippen molar-refractivity contribution in [1.82, 2.24) is 10.3 Å². The van der Waals surface area contributed by atoms with Gasteiger partial charge in [-0.1, -0.05) is 13.8 Å². The van der Waals surface area contributed by atoms with Crippen LogP contribution in [0.4, 0.5) is 0 Å². The maximum Gasteiger partial charge on any atom is 0.365 e. The van der Waals surface area contributed by atoms with Crippen molar-refractivity contribution in [2.75, 3.05) is 6.54 Å². The van der Waals surface area contributed by atoms with E-state index in [0.29, 0.717) is 12.5 Å². The molecule has 0 aliphatic heterocycles. The number of hydrogen-bond donors (Lipinski definition) is 2. The molecule has 4 nitrogen and oxygen atoms in total. The maximum absolute atomic E-state index is 10.6. The first-order valence-corrected chi connectivity index (χ1v) is 5.86. The van der Waals surface area contributed by atoms with Crippen molar-refractivity contribution < 1.29 is 9.90 Å². The van der Waals surface area contributed by atoms with Crippen LogP contribution in [0.1, 0.15) is 35.8 Å². The SMILES string of the molecule is CC(C)CCNCc1csc(C(=O)O)n1. The molecule has 15 heavy (non-hydrogen) atoms. The number of nitrogens with zero attached hydrogens (tertiary/aromatic N) is 1. The van der Waals surface area contributed by atoms with Gasteiger partial charge in [0.05, 0.1) is 5.69 Å². The molecule has 0 radical (unpaired) electrons. The Labute approximate surface area is 93.4 Å². The summed E-state index contributed by atoms with van der Waals surface area (Å²) in [6, 6.07) is 0. The van der Waals surface area contributed by atoms with Gasteiger partial charge in [-0.15, -0.1) is 11.3 Å². The zero-order valence-electron chi connectivity index (χ0n) is 8.99. The van der Waals surface area contributed by atoms with Gasteiger partial charge in [0.1, 0.15) is 0 Å². The number of carboxylic acid groups (broad SMARTS) is 1. The standard InChI is InChI=1S/C10H16N2O2S/c1-7(2)3-4-11-5-8-6-15-9(12-8)10(13)14/h6-7,11H,3-5H2,1-2H3,(H,13,14). The zero-order valence-corrected chi connectivity index (χ0v) is 9.80. The van der Waals surface area contributed by atoms with Gasteiger partial charge < -0.3 is 10.4 Å². The van der Waals surface area contributed by atoms with E-state index in [1.165, 1.54) is 11.3 Å². The fourth-order valence-electron chi connectivity index (χ4n) is 1.09. The molecule has 0 saturated carbocycles. The summed E-state index contributed by atoms with van der Waals surface area (Å²) in [5.41, 5.74) is 0.807. The molecule has 0 bridgehead atoms. The van der Waals surface area contributed by atoms with Gasteiger partial charge in [0, 0.05) is 11.9 Å². The minimum absolute atomic E-state index is 0.163. The van der Waals surface area contributed by atoms with E-state index in [2.05, 4.69) is 24.1 Å². The lowest BCUT2D eigenvalue weighted by Crippen LogP contribution is -2.16. The monoisotopic (exact) mass is 228 g/mol. The third-order valence-electron chi connectivity index (χ3n) is 1.94. The van der Waals surface area contributed by atoms with Gasteiger partial charge in [0.2, 0.25) is 5.01 Å². The van der Waals surface area contributed by atoms with Crippen LogP contribution in [0.15, 0.2) is 5.38 Å². The summed E-state index contributed by atoms with van der Waals surface area (Å²) in [6.07, 6.45) is 1.12. The molecule has 1 aromatic rings. The lowest BCUT2D eigenvalue weighted by Gasteiger charge is -2.04. The van der Waals surface area contributed by atoms with Crippen LogP contribution in [0.25, 0.3) is 0 Å². The molecule has 1 aromatic heterocycles. The minimum Gasteiger partial charge on any atom is -0.476 e. The second-order valence-electron chi connectivity index (χ2n) is 3.81. The van der Waals surface area contributed by atoms with Crippen LogP contribution in [0.2, 0.25) is 0 Å². The van der Waals surface area contributed by atoms with Gasteiger partial charge in [-0.3, -0.25) is 0 Å². The average molecular weight is 228 g/mol. The highest BCUT2D eigenvalue weighted by Gasteiger charge is 2.08. The van der Waals surface area contributed by atoms with Crippen LogP contribution in [-0.4, -0.2) is 22.6 Å². The van der Waals surface area contributed by atoms with Crippen molar-refractivity contribution in [3.05, 3.63) is 16.1 Å². The normalized spacial score (nSPS) is 10.9. The van der Waals surface area contributed by atoms with Crippen LogP contribution < -0.4 is 5.32 Å². The highest BCUT2D eigenvalue weighted by Crippen LogP contribution is 2.09. The van der Waals surface area contributed by atoms with E-state index in [4.69, 9.17) is 5.11 Å². The quantitative estimate of drug-likeness (QED) is 0.731. The number of thiazole rings is 1. The van der Waals surface area contributed by atoms with Crippen molar-refractivity contribution in [2.24, 2.45) is 5.92 Å². The molecular weight excluding hydrogens is 212 g/mol. The van der Waals surface area contributed by atoms with E-state index in [1.54, 1.807) is 5.38 Å². The van der Waals surface area contributed by atoms with E-state index in [9.17, 15) is 4.79 Å². The van der Waals surface area contributed by atoms with Gasteiger partial charge in [-0.25, -0.2) is 9.78 Å². The predicted octanol–water partition coefficient (Wildman–Crippen LogP) is 1.98. The molecule has 1 rings (SSSR count). The summed E-state index contributed by atoms with van der Waals surface area (Å²) in [5, 5.41) is 13.9. The Morgan fingerprint density at radius 1 is 1.67 bits per heavy atom. The summed E-state index contributed by atoms with van der Waals surface area (Å²) >= 11 is 1.17. The fraction of sp³-hybridized carbons (Fsp3) is 0.600. The highest BCUT2D eigenvalue weighted by atomic mass is 32.1. The molecule has 0 aliphatic carbocycles. The third kappa shape index (κ3) is 4.40. The topological polar surface area (TPSA) is 62.2 Å². The predicted molar refractivity (Wildman–Crippen MR) is 60.2 cm³/mol. The summed E-state index contributed by atoms with van der Waals surface area (Å²) in [7, 11) is 0.